The van der Waals surface area contributed by atoms with Crippen LogP contribution in [0.25, 0.3) is 0 Å². The van der Waals surface area contributed by atoms with Crippen LogP contribution in [0.2, 0.25) is 0 Å². The fraction of sp³-hybridized carbons (Fsp3) is 0.400. The number of nitrogens with two attached hydrogens (primary N) is 1. The van der Waals surface area contributed by atoms with Crippen LogP contribution in [-0.4, -0.2) is 38.6 Å². The number of hydrogen-bond acceptors (Lipinski definition) is 4. The molecule has 1 atom stereocenters. The summed E-state index contributed by atoms with van der Waals surface area (Å²) in [6.45, 7) is 0.137. The van der Waals surface area contributed by atoms with Gasteiger partial charge in [0.05, 0.1) is 13.0 Å². The molecule has 0 saturated heterocycles. The van der Waals surface area contributed by atoms with Crippen molar-refractivity contribution in [1.29, 1.82) is 0 Å². The van der Waals surface area contributed by atoms with E-state index in [-0.39, 0.29) is 6.54 Å². The molecule has 1 aromatic rings. The topological polar surface area (TPSA) is 139 Å². The summed E-state index contributed by atoms with van der Waals surface area (Å²) in [5.41, 5.74) is 4.89. The molecule has 0 unspecified atom stereocenters. The van der Waals surface area contributed by atoms with Gasteiger partial charge in [0.15, 0.2) is 0 Å². The number of hydrogen-bond donors (Lipinski definition) is 4. The molecule has 3 amide bonds. The van der Waals surface area contributed by atoms with Crippen LogP contribution in [0.15, 0.2) is 12.4 Å². The lowest BCUT2D eigenvalue weighted by molar-refractivity contribution is -0.140. The van der Waals surface area contributed by atoms with Gasteiger partial charge in [-0.2, -0.15) is 0 Å². The molecule has 0 bridgehead atoms. The molecule has 0 spiro atoms. The predicted molar refractivity (Wildman–Crippen MR) is 63.8 cm³/mol. The third-order valence-electron chi connectivity index (χ3n) is 2.34. The second-order valence-electron chi connectivity index (χ2n) is 3.84. The Morgan fingerprint density at radius 2 is 2.21 bits per heavy atom. The summed E-state index contributed by atoms with van der Waals surface area (Å²) < 4.78 is 1.71. The van der Waals surface area contributed by atoms with E-state index in [1.807, 2.05) is 0 Å². The van der Waals surface area contributed by atoms with E-state index in [0.717, 1.165) is 0 Å². The highest BCUT2D eigenvalue weighted by Gasteiger charge is 2.21. The lowest BCUT2D eigenvalue weighted by Gasteiger charge is -2.13. The number of aromatic nitrogens is 2. The Balaban J connectivity index is 2.47. The van der Waals surface area contributed by atoms with E-state index in [1.165, 1.54) is 0 Å². The summed E-state index contributed by atoms with van der Waals surface area (Å²) in [6.07, 6.45) is 2.81. The van der Waals surface area contributed by atoms with E-state index in [0.29, 0.717) is 5.82 Å². The maximum Gasteiger partial charge on any atom is 0.326 e. The molecular weight excluding hydrogens is 254 g/mol. The van der Waals surface area contributed by atoms with Crippen molar-refractivity contribution >= 4 is 17.9 Å². The number of imidazole rings is 1. The molecular formula is C10H15N5O4. The number of aryl methyl sites for hydroxylation is 1. The van der Waals surface area contributed by atoms with Gasteiger partial charge in [0.2, 0.25) is 5.91 Å². The quantitative estimate of drug-likeness (QED) is 0.500. The van der Waals surface area contributed by atoms with Crippen LogP contribution in [0, 0.1) is 0 Å². The normalized spacial score (nSPS) is 11.6. The van der Waals surface area contributed by atoms with Crippen molar-refractivity contribution in [2.45, 2.75) is 19.0 Å². The second-order valence-corrected chi connectivity index (χ2v) is 3.84. The third-order valence-corrected chi connectivity index (χ3v) is 2.34. The second kappa shape index (κ2) is 6.38. The monoisotopic (exact) mass is 269 g/mol. The van der Waals surface area contributed by atoms with Crippen molar-refractivity contribution in [2.24, 2.45) is 12.8 Å². The molecule has 0 aliphatic heterocycles. The molecule has 5 N–H and O–H groups in total. The average molecular weight is 269 g/mol. The average Bonchev–Trinajstić information content (AvgIpc) is 2.70. The van der Waals surface area contributed by atoms with Gasteiger partial charge in [0.25, 0.3) is 0 Å². The lowest BCUT2D eigenvalue weighted by atomic mass is 10.2. The largest absolute Gasteiger partial charge is 0.480 e. The zero-order valence-electron chi connectivity index (χ0n) is 10.3. The summed E-state index contributed by atoms with van der Waals surface area (Å²) in [4.78, 5) is 36.9. The van der Waals surface area contributed by atoms with Gasteiger partial charge >= 0.3 is 12.0 Å². The number of carbonyl (C=O) groups is 3. The van der Waals surface area contributed by atoms with Crippen molar-refractivity contribution in [3.8, 4) is 0 Å². The van der Waals surface area contributed by atoms with Crippen LogP contribution in [0.3, 0.4) is 0 Å². The number of amides is 3. The van der Waals surface area contributed by atoms with Crippen molar-refractivity contribution in [3.63, 3.8) is 0 Å². The Labute approximate surface area is 108 Å². The minimum Gasteiger partial charge on any atom is -0.480 e. The lowest BCUT2D eigenvalue weighted by Crippen LogP contribution is -2.47. The molecule has 0 fully saturated rings. The maximum atomic E-state index is 11.5. The smallest absolute Gasteiger partial charge is 0.326 e. The molecule has 1 aromatic heterocycles. The van der Waals surface area contributed by atoms with Crippen LogP contribution < -0.4 is 16.4 Å². The molecule has 9 heteroatoms. The fourth-order valence-electron chi connectivity index (χ4n) is 1.34. The number of aliphatic carboxylic acids is 1. The molecule has 0 saturated carbocycles. The minimum atomic E-state index is -1.35. The van der Waals surface area contributed by atoms with Gasteiger partial charge in [0.1, 0.15) is 11.9 Å². The van der Waals surface area contributed by atoms with Crippen LogP contribution in [0.5, 0.6) is 0 Å². The third kappa shape index (κ3) is 4.66. The van der Waals surface area contributed by atoms with E-state index >= 15 is 0 Å². The van der Waals surface area contributed by atoms with E-state index in [9.17, 15) is 14.4 Å². The highest BCUT2D eigenvalue weighted by Crippen LogP contribution is 1.94. The van der Waals surface area contributed by atoms with E-state index in [2.05, 4.69) is 15.6 Å². The van der Waals surface area contributed by atoms with Gasteiger partial charge in [-0.05, 0) is 0 Å². The molecule has 1 rings (SSSR count). The Kier molecular flexibility index (Phi) is 4.86. The highest BCUT2D eigenvalue weighted by molar-refractivity contribution is 5.87. The van der Waals surface area contributed by atoms with E-state index in [4.69, 9.17) is 10.8 Å². The molecule has 0 aromatic carbocycles. The van der Waals surface area contributed by atoms with Gasteiger partial charge in [-0.15, -0.1) is 0 Å². The van der Waals surface area contributed by atoms with Crippen molar-refractivity contribution in [1.82, 2.24) is 20.2 Å². The molecule has 1 heterocycles. The highest BCUT2D eigenvalue weighted by atomic mass is 16.4. The fourth-order valence-corrected chi connectivity index (χ4v) is 1.34. The van der Waals surface area contributed by atoms with E-state index < -0.39 is 30.4 Å². The van der Waals surface area contributed by atoms with Crippen LogP contribution in [-0.2, 0) is 23.2 Å². The van der Waals surface area contributed by atoms with E-state index in [1.54, 1.807) is 24.0 Å². The van der Waals surface area contributed by atoms with Gasteiger partial charge in [-0.25, -0.2) is 14.6 Å². The van der Waals surface area contributed by atoms with Gasteiger partial charge < -0.3 is 26.0 Å². The SMILES string of the molecule is Cn1ccnc1CNC(=O)N[C@@H](CC(N)=O)C(=O)O. The number of urea groups is 1. The number of carbonyl (C=O) groups excluding carboxylic acids is 2. The Morgan fingerprint density at radius 3 is 2.68 bits per heavy atom. The van der Waals surface area contributed by atoms with Crippen molar-refractivity contribution in [3.05, 3.63) is 18.2 Å². The summed E-state index contributed by atoms with van der Waals surface area (Å²) in [5, 5.41) is 13.4. The van der Waals surface area contributed by atoms with Gasteiger partial charge in [-0.1, -0.05) is 0 Å². The molecule has 19 heavy (non-hydrogen) atoms. The van der Waals surface area contributed by atoms with Gasteiger partial charge in [0, 0.05) is 19.4 Å². The zero-order valence-corrected chi connectivity index (χ0v) is 10.3. The number of carboxylic acids is 1. The Morgan fingerprint density at radius 1 is 1.53 bits per heavy atom. The van der Waals surface area contributed by atoms with Crippen LogP contribution >= 0.6 is 0 Å². The summed E-state index contributed by atoms with van der Waals surface area (Å²) in [5.74, 6) is -1.53. The summed E-state index contributed by atoms with van der Waals surface area (Å²) in [7, 11) is 1.76. The number of nitrogens with zero attached hydrogens (tertiary/aromatic N) is 2. The van der Waals surface area contributed by atoms with Crippen LogP contribution in [0.1, 0.15) is 12.2 Å². The molecule has 104 valence electrons. The minimum absolute atomic E-state index is 0.137. The predicted octanol–water partition coefficient (Wildman–Crippen LogP) is -1.45. The number of carboxylic acid groups (broad SMARTS) is 1. The van der Waals surface area contributed by atoms with Gasteiger partial charge in [-0.3, -0.25) is 4.79 Å². The summed E-state index contributed by atoms with van der Waals surface area (Å²) in [6, 6.07) is -2.06. The number of nitrogens with one attached hydrogen (secondary N) is 2. The Hall–Kier alpha value is -2.58. The Bertz CT molecular complexity index is 484. The first-order valence-electron chi connectivity index (χ1n) is 5.42. The number of rotatable bonds is 6. The molecule has 0 radical (unpaired) electrons. The standard InChI is InChI=1S/C10H15N5O4/c1-15-3-2-12-8(15)5-13-10(19)14-6(9(17)18)4-7(11)16/h2-3,6H,4-5H2,1H3,(H2,11,16)(H,17,18)(H2,13,14,19)/t6-/m0/s1. The molecule has 9 nitrogen and oxygen atoms in total. The first kappa shape index (κ1) is 14.5. The van der Waals surface area contributed by atoms with Crippen molar-refractivity contribution in [2.75, 3.05) is 0 Å². The molecule has 0 aliphatic rings. The number of primary amides is 1. The van der Waals surface area contributed by atoms with Crippen molar-refractivity contribution < 1.29 is 19.5 Å². The maximum absolute atomic E-state index is 11.5. The molecule has 0 aliphatic carbocycles. The zero-order chi connectivity index (χ0) is 14.4. The summed E-state index contributed by atoms with van der Waals surface area (Å²) >= 11 is 0. The first-order valence-corrected chi connectivity index (χ1v) is 5.42. The first-order chi connectivity index (χ1) is 8.90. The van der Waals surface area contributed by atoms with Crippen LogP contribution in [0.4, 0.5) is 4.79 Å².